The molecule has 0 aliphatic carbocycles. The van der Waals surface area contributed by atoms with Crippen molar-refractivity contribution in [3.05, 3.63) is 17.8 Å². The highest BCUT2D eigenvalue weighted by Gasteiger charge is 2.09. The van der Waals surface area contributed by atoms with Crippen molar-refractivity contribution in [1.82, 2.24) is 10.3 Å². The number of hydrogen-bond donors (Lipinski definition) is 1. The summed E-state index contributed by atoms with van der Waals surface area (Å²) < 4.78 is 5.56. The maximum Gasteiger partial charge on any atom is 0.211 e. The molecule has 0 radical (unpaired) electrons. The van der Waals surface area contributed by atoms with Gasteiger partial charge < -0.3 is 9.73 Å². The van der Waals surface area contributed by atoms with Crippen molar-refractivity contribution in [2.45, 2.75) is 39.7 Å². The van der Waals surface area contributed by atoms with Crippen molar-refractivity contribution in [3.63, 3.8) is 0 Å². The van der Waals surface area contributed by atoms with E-state index in [0.29, 0.717) is 0 Å². The SMILES string of the molecule is CCCc1cnc(C(C)NCC)o1. The van der Waals surface area contributed by atoms with Crippen molar-refractivity contribution >= 4 is 0 Å². The van der Waals surface area contributed by atoms with Crippen LogP contribution >= 0.6 is 0 Å². The molecule has 1 aromatic rings. The number of oxazole rings is 1. The normalized spacial score (nSPS) is 13.2. The van der Waals surface area contributed by atoms with E-state index in [1.807, 2.05) is 6.20 Å². The van der Waals surface area contributed by atoms with Crippen molar-refractivity contribution in [3.8, 4) is 0 Å². The van der Waals surface area contributed by atoms with E-state index in [2.05, 4.69) is 31.1 Å². The summed E-state index contributed by atoms with van der Waals surface area (Å²) in [4.78, 5) is 4.22. The second-order valence-corrected chi connectivity index (χ2v) is 3.19. The van der Waals surface area contributed by atoms with E-state index < -0.39 is 0 Å². The first-order valence-corrected chi connectivity index (χ1v) is 4.95. The van der Waals surface area contributed by atoms with Crippen LogP contribution in [0.15, 0.2) is 10.6 Å². The molecule has 0 aromatic carbocycles. The largest absolute Gasteiger partial charge is 0.444 e. The summed E-state index contributed by atoms with van der Waals surface area (Å²) in [5.74, 6) is 1.78. The molecule has 0 saturated heterocycles. The van der Waals surface area contributed by atoms with Crippen LogP contribution in [0.25, 0.3) is 0 Å². The lowest BCUT2D eigenvalue weighted by Crippen LogP contribution is -2.17. The first-order chi connectivity index (χ1) is 6.27. The molecule has 1 aromatic heterocycles. The molecule has 0 saturated carbocycles. The van der Waals surface area contributed by atoms with Crippen LogP contribution in [0.5, 0.6) is 0 Å². The van der Waals surface area contributed by atoms with Crippen LogP contribution in [0.1, 0.15) is 44.9 Å². The lowest BCUT2D eigenvalue weighted by molar-refractivity contribution is 0.397. The third kappa shape index (κ3) is 2.84. The Hall–Kier alpha value is -0.830. The summed E-state index contributed by atoms with van der Waals surface area (Å²) in [7, 11) is 0. The van der Waals surface area contributed by atoms with Gasteiger partial charge in [0.2, 0.25) is 5.89 Å². The van der Waals surface area contributed by atoms with E-state index in [0.717, 1.165) is 31.0 Å². The number of rotatable bonds is 5. The summed E-state index contributed by atoms with van der Waals surface area (Å²) in [6, 6.07) is 0.218. The molecule has 0 aliphatic rings. The fourth-order valence-corrected chi connectivity index (χ4v) is 1.28. The second-order valence-electron chi connectivity index (χ2n) is 3.19. The maximum absolute atomic E-state index is 5.56. The Morgan fingerprint density at radius 3 is 2.92 bits per heavy atom. The molecular formula is C10H18N2O. The molecule has 13 heavy (non-hydrogen) atoms. The van der Waals surface area contributed by atoms with Gasteiger partial charge in [0.25, 0.3) is 0 Å². The minimum atomic E-state index is 0.218. The smallest absolute Gasteiger partial charge is 0.211 e. The van der Waals surface area contributed by atoms with Crippen LogP contribution < -0.4 is 5.32 Å². The van der Waals surface area contributed by atoms with Gasteiger partial charge in [0.1, 0.15) is 5.76 Å². The van der Waals surface area contributed by atoms with Gasteiger partial charge in [0, 0.05) is 6.42 Å². The van der Waals surface area contributed by atoms with Crippen molar-refractivity contribution in [2.75, 3.05) is 6.54 Å². The molecule has 0 spiro atoms. The third-order valence-electron chi connectivity index (χ3n) is 1.95. The molecule has 74 valence electrons. The van der Waals surface area contributed by atoms with Gasteiger partial charge in [0.05, 0.1) is 12.2 Å². The van der Waals surface area contributed by atoms with E-state index >= 15 is 0 Å². The second kappa shape index (κ2) is 5.02. The standard InChI is InChI=1S/C10H18N2O/c1-4-6-9-7-12-10(13-9)8(3)11-5-2/h7-8,11H,4-6H2,1-3H3. The molecule has 0 fully saturated rings. The van der Waals surface area contributed by atoms with E-state index in [-0.39, 0.29) is 6.04 Å². The number of nitrogens with one attached hydrogen (secondary N) is 1. The predicted octanol–water partition coefficient (Wildman–Crippen LogP) is 2.30. The Labute approximate surface area is 79.5 Å². The minimum absolute atomic E-state index is 0.218. The van der Waals surface area contributed by atoms with Crippen LogP contribution in [0.2, 0.25) is 0 Å². The summed E-state index contributed by atoms with van der Waals surface area (Å²) in [5.41, 5.74) is 0. The molecule has 1 unspecified atom stereocenters. The lowest BCUT2D eigenvalue weighted by Gasteiger charge is -2.06. The van der Waals surface area contributed by atoms with E-state index in [1.54, 1.807) is 0 Å². The zero-order chi connectivity index (χ0) is 9.68. The molecule has 3 nitrogen and oxygen atoms in total. The molecule has 1 rings (SSSR count). The molecule has 3 heteroatoms. The molecule has 0 amide bonds. The van der Waals surface area contributed by atoms with E-state index in [1.165, 1.54) is 0 Å². The fraction of sp³-hybridized carbons (Fsp3) is 0.700. The third-order valence-corrected chi connectivity index (χ3v) is 1.95. The van der Waals surface area contributed by atoms with E-state index in [4.69, 9.17) is 4.42 Å². The average Bonchev–Trinajstić information content (AvgIpc) is 2.54. The Morgan fingerprint density at radius 1 is 1.54 bits per heavy atom. The van der Waals surface area contributed by atoms with Crippen molar-refractivity contribution < 1.29 is 4.42 Å². The van der Waals surface area contributed by atoms with Crippen LogP contribution in [-0.4, -0.2) is 11.5 Å². The highest BCUT2D eigenvalue weighted by Crippen LogP contribution is 2.13. The van der Waals surface area contributed by atoms with Gasteiger partial charge in [-0.1, -0.05) is 13.8 Å². The lowest BCUT2D eigenvalue weighted by atomic mass is 10.3. The fourth-order valence-electron chi connectivity index (χ4n) is 1.28. The number of aryl methyl sites for hydroxylation is 1. The van der Waals surface area contributed by atoms with Gasteiger partial charge in [-0.25, -0.2) is 4.98 Å². The van der Waals surface area contributed by atoms with Crippen LogP contribution in [-0.2, 0) is 6.42 Å². The Bertz CT molecular complexity index is 245. The van der Waals surface area contributed by atoms with Crippen molar-refractivity contribution in [1.29, 1.82) is 0 Å². The number of aromatic nitrogens is 1. The molecule has 1 atom stereocenters. The van der Waals surface area contributed by atoms with Gasteiger partial charge >= 0.3 is 0 Å². The molecule has 0 bridgehead atoms. The van der Waals surface area contributed by atoms with Crippen molar-refractivity contribution in [2.24, 2.45) is 0 Å². The quantitative estimate of drug-likeness (QED) is 0.759. The number of nitrogens with zero attached hydrogens (tertiary/aromatic N) is 1. The molecule has 1 N–H and O–H groups in total. The average molecular weight is 182 g/mol. The first-order valence-electron chi connectivity index (χ1n) is 4.95. The monoisotopic (exact) mass is 182 g/mol. The Morgan fingerprint density at radius 2 is 2.31 bits per heavy atom. The zero-order valence-electron chi connectivity index (χ0n) is 8.63. The van der Waals surface area contributed by atoms with Crippen LogP contribution in [0.4, 0.5) is 0 Å². The number of hydrogen-bond acceptors (Lipinski definition) is 3. The molecule has 0 aliphatic heterocycles. The summed E-state index contributed by atoms with van der Waals surface area (Å²) in [6.45, 7) is 7.21. The van der Waals surface area contributed by atoms with Gasteiger partial charge in [-0.3, -0.25) is 0 Å². The van der Waals surface area contributed by atoms with Gasteiger partial charge in [-0.2, -0.15) is 0 Å². The first kappa shape index (κ1) is 10.3. The van der Waals surface area contributed by atoms with E-state index in [9.17, 15) is 0 Å². The summed E-state index contributed by atoms with van der Waals surface area (Å²) in [6.07, 6.45) is 3.91. The molecular weight excluding hydrogens is 164 g/mol. The van der Waals surface area contributed by atoms with Crippen LogP contribution in [0, 0.1) is 0 Å². The summed E-state index contributed by atoms with van der Waals surface area (Å²) >= 11 is 0. The predicted molar refractivity (Wildman–Crippen MR) is 52.6 cm³/mol. The Kier molecular flexibility index (Phi) is 3.96. The molecule has 1 heterocycles. The Balaban J connectivity index is 2.56. The highest BCUT2D eigenvalue weighted by molar-refractivity contribution is 4.97. The summed E-state index contributed by atoms with van der Waals surface area (Å²) in [5, 5.41) is 3.26. The van der Waals surface area contributed by atoms with Gasteiger partial charge in [-0.05, 0) is 19.9 Å². The van der Waals surface area contributed by atoms with Crippen LogP contribution in [0.3, 0.4) is 0 Å². The van der Waals surface area contributed by atoms with Gasteiger partial charge in [0.15, 0.2) is 0 Å². The minimum Gasteiger partial charge on any atom is -0.444 e. The van der Waals surface area contributed by atoms with Gasteiger partial charge in [-0.15, -0.1) is 0 Å². The topological polar surface area (TPSA) is 38.1 Å². The maximum atomic E-state index is 5.56. The zero-order valence-corrected chi connectivity index (χ0v) is 8.63. The highest BCUT2D eigenvalue weighted by atomic mass is 16.4.